The summed E-state index contributed by atoms with van der Waals surface area (Å²) in [5.74, 6) is 0.977. The molecule has 2 aromatic carbocycles. The smallest absolute Gasteiger partial charge is 0.243 e. The second-order valence-corrected chi connectivity index (χ2v) is 11.4. The summed E-state index contributed by atoms with van der Waals surface area (Å²) in [6.07, 6.45) is 1.43. The third kappa shape index (κ3) is 6.07. The molecular weight excluding hydrogens is 494 g/mol. The fourth-order valence-electron chi connectivity index (χ4n) is 4.66. The van der Waals surface area contributed by atoms with Crippen molar-refractivity contribution in [3.63, 3.8) is 0 Å². The van der Waals surface area contributed by atoms with E-state index in [1.54, 1.807) is 24.3 Å². The van der Waals surface area contributed by atoms with Crippen LogP contribution in [0.3, 0.4) is 0 Å². The molecule has 2 aliphatic heterocycles. The van der Waals surface area contributed by atoms with Crippen LogP contribution >= 0.6 is 0 Å². The van der Waals surface area contributed by atoms with E-state index in [4.69, 9.17) is 9.26 Å². The zero-order valence-electron chi connectivity index (χ0n) is 20.8. The van der Waals surface area contributed by atoms with E-state index in [1.807, 2.05) is 31.2 Å². The van der Waals surface area contributed by atoms with Gasteiger partial charge in [-0.05, 0) is 63.2 Å². The van der Waals surface area contributed by atoms with E-state index in [9.17, 15) is 13.2 Å². The van der Waals surface area contributed by atoms with Gasteiger partial charge in [-0.2, -0.15) is 9.29 Å². The first-order valence-electron chi connectivity index (χ1n) is 12.5. The first-order chi connectivity index (χ1) is 17.9. The largest absolute Gasteiger partial charge is 0.379 e. The molecule has 10 nitrogen and oxygen atoms in total. The number of sulfonamides is 1. The molecule has 2 aliphatic rings. The highest BCUT2D eigenvalue weighted by atomic mass is 32.2. The van der Waals surface area contributed by atoms with Crippen molar-refractivity contribution in [2.24, 2.45) is 5.92 Å². The Labute approximate surface area is 216 Å². The highest BCUT2D eigenvalue weighted by molar-refractivity contribution is 7.89. The second-order valence-electron chi connectivity index (χ2n) is 9.46. The van der Waals surface area contributed by atoms with E-state index >= 15 is 0 Å². The fraction of sp³-hybridized carbons (Fsp3) is 0.423. The molecule has 196 valence electrons. The molecule has 1 amide bonds. The quantitative estimate of drug-likeness (QED) is 0.500. The van der Waals surface area contributed by atoms with Gasteiger partial charge in [-0.3, -0.25) is 9.69 Å². The normalized spacial score (nSPS) is 18.1. The van der Waals surface area contributed by atoms with Crippen molar-refractivity contribution >= 4 is 21.6 Å². The third-order valence-corrected chi connectivity index (χ3v) is 8.70. The van der Waals surface area contributed by atoms with Gasteiger partial charge in [0.15, 0.2) is 0 Å². The van der Waals surface area contributed by atoms with Gasteiger partial charge in [0.1, 0.15) is 0 Å². The Kier molecular flexibility index (Phi) is 7.65. The first kappa shape index (κ1) is 25.5. The Morgan fingerprint density at radius 1 is 1.05 bits per heavy atom. The Hall–Kier alpha value is -3.12. The lowest BCUT2D eigenvalue weighted by atomic mass is 9.96. The molecule has 0 atom stereocenters. The molecule has 0 saturated carbocycles. The van der Waals surface area contributed by atoms with E-state index in [0.717, 1.165) is 24.2 Å². The van der Waals surface area contributed by atoms with Crippen LogP contribution in [0.25, 0.3) is 11.4 Å². The van der Waals surface area contributed by atoms with E-state index in [-0.39, 0.29) is 16.7 Å². The van der Waals surface area contributed by atoms with Gasteiger partial charge in [0, 0.05) is 30.3 Å². The monoisotopic (exact) mass is 525 g/mol. The average molecular weight is 526 g/mol. The Morgan fingerprint density at radius 2 is 1.78 bits per heavy atom. The van der Waals surface area contributed by atoms with Crippen molar-refractivity contribution in [3.05, 3.63) is 60.0 Å². The summed E-state index contributed by atoms with van der Waals surface area (Å²) in [4.78, 5) is 19.8. The molecule has 1 aromatic heterocycles. The van der Waals surface area contributed by atoms with E-state index < -0.39 is 10.0 Å². The summed E-state index contributed by atoms with van der Waals surface area (Å²) in [7, 11) is -3.56. The Morgan fingerprint density at radius 3 is 2.49 bits per heavy atom. The Bertz CT molecular complexity index is 1330. The topological polar surface area (TPSA) is 118 Å². The number of carbonyl (C=O) groups excluding carboxylic acids is 1. The Balaban J connectivity index is 1.11. The number of piperidine rings is 1. The minimum atomic E-state index is -3.56. The predicted molar refractivity (Wildman–Crippen MR) is 137 cm³/mol. The number of nitrogens with one attached hydrogen (secondary N) is 1. The molecule has 2 saturated heterocycles. The maximum atomic E-state index is 12.8. The van der Waals surface area contributed by atoms with E-state index in [1.165, 1.54) is 4.31 Å². The maximum absolute atomic E-state index is 12.8. The second kappa shape index (κ2) is 11.1. The summed E-state index contributed by atoms with van der Waals surface area (Å²) < 4.78 is 37.7. The van der Waals surface area contributed by atoms with Gasteiger partial charge in [-0.1, -0.05) is 28.9 Å². The molecule has 0 spiro atoms. The highest BCUT2D eigenvalue weighted by Gasteiger charge is 2.28. The zero-order valence-corrected chi connectivity index (χ0v) is 21.6. The van der Waals surface area contributed by atoms with Crippen molar-refractivity contribution in [2.75, 3.05) is 44.7 Å². The molecule has 0 aliphatic carbocycles. The molecule has 5 rings (SSSR count). The number of likely N-dealkylation sites (tertiary alicyclic amines) is 1. The number of aromatic nitrogens is 2. The minimum absolute atomic E-state index is 0.0528. The molecule has 37 heavy (non-hydrogen) atoms. The number of nitrogens with zero attached hydrogens (tertiary/aromatic N) is 4. The van der Waals surface area contributed by atoms with Crippen LogP contribution in [0.2, 0.25) is 0 Å². The summed E-state index contributed by atoms with van der Waals surface area (Å²) in [6, 6.07) is 14.3. The van der Waals surface area contributed by atoms with E-state index in [2.05, 4.69) is 20.4 Å². The maximum Gasteiger partial charge on any atom is 0.243 e. The number of hydrogen-bond acceptors (Lipinski definition) is 8. The van der Waals surface area contributed by atoms with Crippen LogP contribution in [0.4, 0.5) is 5.69 Å². The number of amides is 1. The van der Waals surface area contributed by atoms with Gasteiger partial charge in [0.25, 0.3) is 0 Å². The summed E-state index contributed by atoms with van der Waals surface area (Å²) >= 11 is 0. The lowest BCUT2D eigenvalue weighted by molar-refractivity contribution is -0.121. The van der Waals surface area contributed by atoms with Crippen molar-refractivity contribution in [3.8, 4) is 11.4 Å². The van der Waals surface area contributed by atoms with Gasteiger partial charge in [-0.15, -0.1) is 0 Å². The summed E-state index contributed by atoms with van der Waals surface area (Å²) in [6.45, 7) is 5.56. The van der Waals surface area contributed by atoms with Crippen LogP contribution in [0, 0.1) is 12.8 Å². The molecule has 0 bridgehead atoms. The van der Waals surface area contributed by atoms with Crippen molar-refractivity contribution in [2.45, 2.75) is 31.2 Å². The van der Waals surface area contributed by atoms with Crippen LogP contribution < -0.4 is 5.32 Å². The summed E-state index contributed by atoms with van der Waals surface area (Å²) in [5, 5.41) is 7.04. The molecule has 3 aromatic rings. The fourth-order valence-corrected chi connectivity index (χ4v) is 6.06. The molecular formula is C26H31N5O5S. The molecule has 2 fully saturated rings. The first-order valence-corrected chi connectivity index (χ1v) is 13.9. The van der Waals surface area contributed by atoms with Crippen LogP contribution in [0.5, 0.6) is 0 Å². The van der Waals surface area contributed by atoms with Crippen molar-refractivity contribution in [1.82, 2.24) is 19.3 Å². The predicted octanol–water partition coefficient (Wildman–Crippen LogP) is 2.92. The van der Waals surface area contributed by atoms with Crippen LogP contribution in [-0.2, 0) is 26.1 Å². The van der Waals surface area contributed by atoms with E-state index in [0.29, 0.717) is 63.1 Å². The van der Waals surface area contributed by atoms with Gasteiger partial charge >= 0.3 is 0 Å². The van der Waals surface area contributed by atoms with Gasteiger partial charge in [0.2, 0.25) is 27.6 Å². The van der Waals surface area contributed by atoms with Crippen LogP contribution in [-0.4, -0.2) is 73.1 Å². The number of rotatable bonds is 7. The molecule has 11 heteroatoms. The average Bonchev–Trinajstić information content (AvgIpc) is 3.38. The number of carbonyl (C=O) groups is 1. The number of anilines is 1. The van der Waals surface area contributed by atoms with Crippen LogP contribution in [0.15, 0.2) is 57.9 Å². The summed E-state index contributed by atoms with van der Waals surface area (Å²) in [5.41, 5.74) is 2.65. The highest BCUT2D eigenvalue weighted by Crippen LogP contribution is 2.24. The molecule has 3 heterocycles. The standard InChI is InChI=1S/C26H31N5O5S/c1-19-3-2-4-21(17-19)25-28-24(36-29-25)18-30-11-9-20(10-12-30)26(32)27-22-5-7-23(8-6-22)37(33,34)31-13-15-35-16-14-31/h2-8,17,20H,9-16,18H2,1H3,(H,27,32). The molecule has 1 N–H and O–H groups in total. The number of hydrogen-bond donors (Lipinski definition) is 1. The van der Waals surface area contributed by atoms with Crippen molar-refractivity contribution in [1.29, 1.82) is 0 Å². The number of morpholine rings is 1. The number of aryl methyl sites for hydroxylation is 1. The van der Waals surface area contributed by atoms with Crippen LogP contribution in [0.1, 0.15) is 24.3 Å². The molecule has 0 unspecified atom stereocenters. The lowest BCUT2D eigenvalue weighted by Crippen LogP contribution is -2.40. The van der Waals surface area contributed by atoms with Gasteiger partial charge in [0.05, 0.1) is 24.7 Å². The third-order valence-electron chi connectivity index (χ3n) is 6.79. The lowest BCUT2D eigenvalue weighted by Gasteiger charge is -2.30. The SMILES string of the molecule is Cc1cccc(-c2noc(CN3CCC(C(=O)Nc4ccc(S(=O)(=O)N5CCOCC5)cc4)CC3)n2)c1. The van der Waals surface area contributed by atoms with Gasteiger partial charge < -0.3 is 14.6 Å². The van der Waals surface area contributed by atoms with Gasteiger partial charge in [-0.25, -0.2) is 8.42 Å². The number of benzene rings is 2. The number of ether oxygens (including phenoxy) is 1. The van der Waals surface area contributed by atoms with Crippen molar-refractivity contribution < 1.29 is 22.5 Å². The molecule has 0 radical (unpaired) electrons. The zero-order chi connectivity index (χ0) is 25.8. The minimum Gasteiger partial charge on any atom is -0.379 e.